The van der Waals surface area contributed by atoms with Crippen LogP contribution in [0.1, 0.15) is 11.1 Å². The summed E-state index contributed by atoms with van der Waals surface area (Å²) in [5, 5.41) is 12.0. The highest BCUT2D eigenvalue weighted by Crippen LogP contribution is 2.04. The first kappa shape index (κ1) is 13.1. The monoisotopic (exact) mass is 239 g/mol. The van der Waals surface area contributed by atoms with E-state index in [-0.39, 0.29) is 0 Å². The van der Waals surface area contributed by atoms with Crippen LogP contribution in [0, 0.1) is 6.92 Å². The van der Waals surface area contributed by atoms with Gasteiger partial charge in [0.2, 0.25) is 0 Å². The summed E-state index contributed by atoms with van der Waals surface area (Å²) in [5.41, 5.74) is 2.32. The summed E-state index contributed by atoms with van der Waals surface area (Å²) in [6.07, 6.45) is 1.91. The summed E-state index contributed by atoms with van der Waals surface area (Å²) < 4.78 is 0. The second-order valence-electron chi connectivity index (χ2n) is 3.71. The van der Waals surface area contributed by atoms with Crippen molar-refractivity contribution in [2.45, 2.75) is 19.5 Å². The van der Waals surface area contributed by atoms with Crippen LogP contribution in [0.5, 0.6) is 0 Å². The second-order valence-corrected chi connectivity index (χ2v) is 4.62. The number of benzene rings is 1. The quantitative estimate of drug-likeness (QED) is 0.796. The van der Waals surface area contributed by atoms with E-state index in [1.54, 1.807) is 0 Å². The van der Waals surface area contributed by atoms with Gasteiger partial charge < -0.3 is 5.11 Å². The number of rotatable bonds is 6. The molecule has 0 amide bonds. The maximum Gasteiger partial charge on any atom is 0.321 e. The molecule has 0 fully saturated rings. The standard InChI is InChI=1S/C12H17NO2S/c1-9-3-5-10(6-4-9)7-13-11(8-16-2)12(14)15/h3-6,11,13H,7-8H2,1-2H3,(H,14,15)/t11-/m0/s1. The van der Waals surface area contributed by atoms with Gasteiger partial charge in [-0.05, 0) is 18.7 Å². The molecule has 0 aliphatic heterocycles. The molecule has 88 valence electrons. The smallest absolute Gasteiger partial charge is 0.321 e. The van der Waals surface area contributed by atoms with Crippen molar-refractivity contribution in [2.24, 2.45) is 0 Å². The highest BCUT2D eigenvalue weighted by molar-refractivity contribution is 7.98. The van der Waals surface area contributed by atoms with E-state index in [4.69, 9.17) is 5.11 Å². The van der Waals surface area contributed by atoms with Gasteiger partial charge >= 0.3 is 5.97 Å². The highest BCUT2D eigenvalue weighted by Gasteiger charge is 2.15. The van der Waals surface area contributed by atoms with Crippen LogP contribution in [0.25, 0.3) is 0 Å². The molecule has 0 spiro atoms. The predicted octanol–water partition coefficient (Wildman–Crippen LogP) is 1.90. The van der Waals surface area contributed by atoms with Gasteiger partial charge in [0, 0.05) is 12.3 Å². The Morgan fingerprint density at radius 1 is 1.44 bits per heavy atom. The Kier molecular flexibility index (Phi) is 5.35. The SMILES string of the molecule is CSC[C@H](NCc1ccc(C)cc1)C(=O)O. The fourth-order valence-electron chi connectivity index (χ4n) is 1.33. The number of nitrogens with one attached hydrogen (secondary N) is 1. The number of aryl methyl sites for hydroxylation is 1. The molecule has 3 nitrogen and oxygen atoms in total. The molecular weight excluding hydrogens is 222 g/mol. The van der Waals surface area contributed by atoms with Crippen LogP contribution in [0.4, 0.5) is 0 Å². The normalized spacial score (nSPS) is 12.4. The molecule has 16 heavy (non-hydrogen) atoms. The van der Waals surface area contributed by atoms with Gasteiger partial charge in [0.25, 0.3) is 0 Å². The Labute approximate surface area is 100 Å². The number of carboxylic acid groups (broad SMARTS) is 1. The Balaban J connectivity index is 2.48. The minimum atomic E-state index is -0.790. The molecular formula is C12H17NO2S. The summed E-state index contributed by atoms with van der Waals surface area (Å²) in [4.78, 5) is 10.9. The fourth-order valence-corrected chi connectivity index (χ4v) is 1.92. The van der Waals surface area contributed by atoms with E-state index in [9.17, 15) is 4.79 Å². The van der Waals surface area contributed by atoms with Crippen LogP contribution in [0.2, 0.25) is 0 Å². The summed E-state index contributed by atoms with van der Waals surface area (Å²) in [5.74, 6) is -0.206. The molecule has 0 unspecified atom stereocenters. The van der Waals surface area contributed by atoms with Crippen molar-refractivity contribution in [3.05, 3.63) is 35.4 Å². The number of carboxylic acids is 1. The average Bonchev–Trinajstić information content (AvgIpc) is 2.26. The van der Waals surface area contributed by atoms with Gasteiger partial charge in [-0.15, -0.1) is 0 Å². The lowest BCUT2D eigenvalue weighted by Crippen LogP contribution is -2.38. The van der Waals surface area contributed by atoms with Crippen molar-refractivity contribution in [2.75, 3.05) is 12.0 Å². The Bertz CT molecular complexity index is 337. The molecule has 1 aromatic carbocycles. The van der Waals surface area contributed by atoms with E-state index in [1.165, 1.54) is 17.3 Å². The highest BCUT2D eigenvalue weighted by atomic mass is 32.2. The second kappa shape index (κ2) is 6.55. The van der Waals surface area contributed by atoms with Gasteiger partial charge in [0.15, 0.2) is 0 Å². The third-order valence-corrected chi connectivity index (χ3v) is 2.97. The number of hydrogen-bond acceptors (Lipinski definition) is 3. The molecule has 0 aliphatic carbocycles. The first-order valence-corrected chi connectivity index (χ1v) is 6.53. The molecule has 4 heteroatoms. The topological polar surface area (TPSA) is 49.3 Å². The Hall–Kier alpha value is -1.00. The van der Waals surface area contributed by atoms with Crippen molar-refractivity contribution in [3.8, 4) is 0 Å². The molecule has 0 saturated carbocycles. The van der Waals surface area contributed by atoms with Crippen molar-refractivity contribution in [1.82, 2.24) is 5.32 Å². The first-order valence-electron chi connectivity index (χ1n) is 5.14. The zero-order valence-electron chi connectivity index (χ0n) is 9.56. The van der Waals surface area contributed by atoms with Gasteiger partial charge in [0.05, 0.1) is 0 Å². The van der Waals surface area contributed by atoms with Crippen LogP contribution in [-0.4, -0.2) is 29.1 Å². The third-order valence-electron chi connectivity index (χ3n) is 2.30. The summed E-state index contributed by atoms with van der Waals surface area (Å²) >= 11 is 1.53. The van der Waals surface area contributed by atoms with Gasteiger partial charge in [-0.1, -0.05) is 29.8 Å². The Morgan fingerprint density at radius 3 is 2.56 bits per heavy atom. The number of carbonyl (C=O) groups is 1. The van der Waals surface area contributed by atoms with E-state index in [0.29, 0.717) is 12.3 Å². The number of thioether (sulfide) groups is 1. The number of hydrogen-bond donors (Lipinski definition) is 2. The van der Waals surface area contributed by atoms with Gasteiger partial charge in [-0.3, -0.25) is 10.1 Å². The van der Waals surface area contributed by atoms with Gasteiger partial charge in [-0.2, -0.15) is 11.8 Å². The molecule has 0 aromatic heterocycles. The largest absolute Gasteiger partial charge is 0.480 e. The fraction of sp³-hybridized carbons (Fsp3) is 0.417. The molecule has 1 atom stereocenters. The molecule has 0 saturated heterocycles. The number of aliphatic carboxylic acids is 1. The summed E-state index contributed by atoms with van der Waals surface area (Å²) in [6, 6.07) is 7.61. The van der Waals surface area contributed by atoms with Gasteiger partial charge in [0.1, 0.15) is 6.04 Å². The zero-order chi connectivity index (χ0) is 12.0. The van der Waals surface area contributed by atoms with Gasteiger partial charge in [-0.25, -0.2) is 0 Å². The van der Waals surface area contributed by atoms with Crippen LogP contribution >= 0.6 is 11.8 Å². The Morgan fingerprint density at radius 2 is 2.06 bits per heavy atom. The van der Waals surface area contributed by atoms with Crippen molar-refractivity contribution in [3.63, 3.8) is 0 Å². The van der Waals surface area contributed by atoms with Crippen molar-refractivity contribution >= 4 is 17.7 Å². The van der Waals surface area contributed by atoms with E-state index in [2.05, 4.69) is 5.32 Å². The maximum absolute atomic E-state index is 10.9. The lowest BCUT2D eigenvalue weighted by Gasteiger charge is -2.13. The first-order chi connectivity index (χ1) is 7.63. The van der Waals surface area contributed by atoms with Crippen LogP contribution in [0.3, 0.4) is 0 Å². The van der Waals surface area contributed by atoms with E-state index >= 15 is 0 Å². The van der Waals surface area contributed by atoms with E-state index in [1.807, 2.05) is 37.4 Å². The van der Waals surface area contributed by atoms with E-state index < -0.39 is 12.0 Å². The molecule has 1 aromatic rings. The lowest BCUT2D eigenvalue weighted by atomic mass is 10.1. The third kappa shape index (κ3) is 4.24. The molecule has 2 N–H and O–H groups in total. The van der Waals surface area contributed by atoms with Crippen LogP contribution in [-0.2, 0) is 11.3 Å². The van der Waals surface area contributed by atoms with Crippen LogP contribution in [0.15, 0.2) is 24.3 Å². The van der Waals surface area contributed by atoms with Crippen LogP contribution < -0.4 is 5.32 Å². The lowest BCUT2D eigenvalue weighted by molar-refractivity contribution is -0.138. The minimum Gasteiger partial charge on any atom is -0.480 e. The molecule has 0 radical (unpaired) electrons. The molecule has 0 bridgehead atoms. The zero-order valence-corrected chi connectivity index (χ0v) is 10.4. The molecule has 1 rings (SSSR count). The van der Waals surface area contributed by atoms with E-state index in [0.717, 1.165) is 5.56 Å². The summed E-state index contributed by atoms with van der Waals surface area (Å²) in [7, 11) is 0. The maximum atomic E-state index is 10.9. The minimum absolute atomic E-state index is 0.476. The van der Waals surface area contributed by atoms with Crippen molar-refractivity contribution in [1.29, 1.82) is 0 Å². The molecule has 0 heterocycles. The summed E-state index contributed by atoms with van der Waals surface area (Å²) in [6.45, 7) is 2.63. The van der Waals surface area contributed by atoms with Crippen molar-refractivity contribution < 1.29 is 9.90 Å². The molecule has 0 aliphatic rings. The predicted molar refractivity (Wildman–Crippen MR) is 67.8 cm³/mol. The average molecular weight is 239 g/mol.